The fourth-order valence-electron chi connectivity index (χ4n) is 2.50. The monoisotopic (exact) mass is 264 g/mol. The Bertz CT molecular complexity index is 504. The number of carbonyl (C=O) groups excluding carboxylic acids is 2. The summed E-state index contributed by atoms with van der Waals surface area (Å²) in [5.74, 6) is -1.04. The number of hydrogen-bond acceptors (Lipinski definition) is 3. The van der Waals surface area contributed by atoms with E-state index in [-0.39, 0.29) is 17.9 Å². The Hall–Kier alpha value is -1.91. The zero-order valence-corrected chi connectivity index (χ0v) is 10.8. The van der Waals surface area contributed by atoms with Gasteiger partial charge < -0.3 is 10.6 Å². The molecular formula is C14H17FN2O2. The summed E-state index contributed by atoms with van der Waals surface area (Å²) in [6.45, 7) is 2.41. The Morgan fingerprint density at radius 3 is 2.79 bits per heavy atom. The standard InChI is InChI=1S/C14H17FN2O2/c1-9-2-4-11(14(16)19)7-17(9)13-5-3-10(8-18)6-12(13)15/h3,5-6,8-9,11H,2,4,7H2,1H3,(H2,16,19). The Balaban J connectivity index is 2.28. The summed E-state index contributed by atoms with van der Waals surface area (Å²) in [6.07, 6.45) is 2.14. The summed E-state index contributed by atoms with van der Waals surface area (Å²) >= 11 is 0. The van der Waals surface area contributed by atoms with E-state index in [0.29, 0.717) is 24.1 Å². The summed E-state index contributed by atoms with van der Waals surface area (Å²) in [5.41, 5.74) is 6.05. The van der Waals surface area contributed by atoms with Gasteiger partial charge in [-0.3, -0.25) is 9.59 Å². The van der Waals surface area contributed by atoms with Gasteiger partial charge in [-0.2, -0.15) is 0 Å². The number of nitrogens with two attached hydrogens (primary N) is 1. The topological polar surface area (TPSA) is 63.4 Å². The Labute approximate surface area is 111 Å². The maximum Gasteiger partial charge on any atom is 0.222 e. The van der Waals surface area contributed by atoms with Crippen molar-refractivity contribution < 1.29 is 14.0 Å². The van der Waals surface area contributed by atoms with Crippen molar-refractivity contribution in [2.24, 2.45) is 11.7 Å². The normalized spacial score (nSPS) is 23.2. The molecule has 19 heavy (non-hydrogen) atoms. The first kappa shape index (κ1) is 13.5. The highest BCUT2D eigenvalue weighted by Crippen LogP contribution is 2.29. The number of benzene rings is 1. The lowest BCUT2D eigenvalue weighted by Gasteiger charge is -2.38. The molecule has 1 aromatic rings. The molecule has 5 heteroatoms. The fraction of sp³-hybridized carbons (Fsp3) is 0.429. The molecule has 0 aromatic heterocycles. The van der Waals surface area contributed by atoms with Gasteiger partial charge in [-0.1, -0.05) is 0 Å². The predicted octanol–water partition coefficient (Wildman–Crippen LogP) is 1.73. The number of aldehydes is 1. The van der Waals surface area contributed by atoms with Crippen LogP contribution < -0.4 is 10.6 Å². The Morgan fingerprint density at radius 2 is 2.21 bits per heavy atom. The lowest BCUT2D eigenvalue weighted by molar-refractivity contribution is -0.122. The van der Waals surface area contributed by atoms with E-state index in [1.165, 1.54) is 6.07 Å². The van der Waals surface area contributed by atoms with Gasteiger partial charge in [0.15, 0.2) is 0 Å². The third kappa shape index (κ3) is 2.75. The van der Waals surface area contributed by atoms with Gasteiger partial charge in [0.25, 0.3) is 0 Å². The number of halogens is 1. The van der Waals surface area contributed by atoms with Crippen molar-refractivity contribution in [1.82, 2.24) is 0 Å². The Kier molecular flexibility index (Phi) is 3.83. The van der Waals surface area contributed by atoms with Crippen LogP contribution in [-0.2, 0) is 4.79 Å². The molecule has 2 rings (SSSR count). The third-order valence-electron chi connectivity index (χ3n) is 3.70. The third-order valence-corrected chi connectivity index (χ3v) is 3.70. The van der Waals surface area contributed by atoms with Crippen LogP contribution in [0.2, 0.25) is 0 Å². The smallest absolute Gasteiger partial charge is 0.222 e. The van der Waals surface area contributed by atoms with Crippen LogP contribution in [-0.4, -0.2) is 24.8 Å². The molecule has 1 aliphatic heterocycles. The maximum absolute atomic E-state index is 14.0. The minimum absolute atomic E-state index is 0.146. The molecule has 1 fully saturated rings. The highest BCUT2D eigenvalue weighted by Gasteiger charge is 2.30. The molecule has 0 saturated carbocycles. The summed E-state index contributed by atoms with van der Waals surface area (Å²) in [7, 11) is 0. The second-order valence-corrected chi connectivity index (χ2v) is 5.01. The number of piperidine rings is 1. The van der Waals surface area contributed by atoms with E-state index >= 15 is 0 Å². The zero-order valence-electron chi connectivity index (χ0n) is 10.8. The van der Waals surface area contributed by atoms with E-state index in [4.69, 9.17) is 5.73 Å². The molecule has 0 bridgehead atoms. The molecule has 1 aromatic carbocycles. The molecule has 1 aliphatic rings. The van der Waals surface area contributed by atoms with E-state index in [0.717, 1.165) is 12.8 Å². The molecule has 2 unspecified atom stereocenters. The number of rotatable bonds is 3. The van der Waals surface area contributed by atoms with E-state index < -0.39 is 5.82 Å². The second kappa shape index (κ2) is 5.38. The fourth-order valence-corrected chi connectivity index (χ4v) is 2.50. The summed E-state index contributed by atoms with van der Waals surface area (Å²) in [5, 5.41) is 0. The van der Waals surface area contributed by atoms with Crippen LogP contribution >= 0.6 is 0 Å². The van der Waals surface area contributed by atoms with Crippen molar-refractivity contribution in [3.8, 4) is 0 Å². The quantitative estimate of drug-likeness (QED) is 0.846. The average molecular weight is 264 g/mol. The van der Waals surface area contributed by atoms with E-state index in [2.05, 4.69) is 0 Å². The molecule has 102 valence electrons. The molecule has 0 radical (unpaired) electrons. The molecule has 2 N–H and O–H groups in total. The van der Waals surface area contributed by atoms with Crippen molar-refractivity contribution in [3.05, 3.63) is 29.6 Å². The van der Waals surface area contributed by atoms with Gasteiger partial charge in [0.2, 0.25) is 5.91 Å². The number of amides is 1. The van der Waals surface area contributed by atoms with Crippen molar-refractivity contribution >= 4 is 17.9 Å². The van der Waals surface area contributed by atoms with Gasteiger partial charge in [-0.15, -0.1) is 0 Å². The van der Waals surface area contributed by atoms with Crippen LogP contribution in [0, 0.1) is 11.7 Å². The number of anilines is 1. The molecule has 0 spiro atoms. The van der Waals surface area contributed by atoms with Gasteiger partial charge in [0.1, 0.15) is 12.1 Å². The van der Waals surface area contributed by atoms with Gasteiger partial charge in [0, 0.05) is 18.2 Å². The van der Waals surface area contributed by atoms with Gasteiger partial charge in [-0.05, 0) is 38.0 Å². The van der Waals surface area contributed by atoms with Gasteiger partial charge >= 0.3 is 0 Å². The van der Waals surface area contributed by atoms with Crippen LogP contribution in [0.4, 0.5) is 10.1 Å². The number of nitrogens with zero attached hydrogens (tertiary/aromatic N) is 1. The highest BCUT2D eigenvalue weighted by molar-refractivity contribution is 5.78. The Morgan fingerprint density at radius 1 is 1.47 bits per heavy atom. The number of primary amides is 1. The second-order valence-electron chi connectivity index (χ2n) is 5.01. The van der Waals surface area contributed by atoms with Crippen molar-refractivity contribution in [2.75, 3.05) is 11.4 Å². The van der Waals surface area contributed by atoms with Gasteiger partial charge in [-0.25, -0.2) is 4.39 Å². The molecule has 2 atom stereocenters. The lowest BCUT2D eigenvalue weighted by Crippen LogP contribution is -2.46. The molecule has 1 saturated heterocycles. The number of carbonyl (C=O) groups is 2. The van der Waals surface area contributed by atoms with Crippen molar-refractivity contribution in [2.45, 2.75) is 25.8 Å². The van der Waals surface area contributed by atoms with Crippen molar-refractivity contribution in [3.63, 3.8) is 0 Å². The molecule has 1 amide bonds. The molecule has 1 heterocycles. The minimum atomic E-state index is -0.443. The number of hydrogen-bond donors (Lipinski definition) is 1. The average Bonchev–Trinajstić information content (AvgIpc) is 2.39. The first-order chi connectivity index (χ1) is 9.02. The zero-order chi connectivity index (χ0) is 14.0. The van der Waals surface area contributed by atoms with Gasteiger partial charge in [0.05, 0.1) is 11.6 Å². The van der Waals surface area contributed by atoms with Crippen LogP contribution in [0.15, 0.2) is 18.2 Å². The van der Waals surface area contributed by atoms with E-state index in [1.807, 2.05) is 11.8 Å². The highest BCUT2D eigenvalue weighted by atomic mass is 19.1. The molecular weight excluding hydrogens is 247 g/mol. The first-order valence-corrected chi connectivity index (χ1v) is 6.33. The van der Waals surface area contributed by atoms with E-state index in [1.54, 1.807) is 12.1 Å². The first-order valence-electron chi connectivity index (χ1n) is 6.33. The predicted molar refractivity (Wildman–Crippen MR) is 70.5 cm³/mol. The lowest BCUT2D eigenvalue weighted by atomic mass is 9.92. The van der Waals surface area contributed by atoms with Crippen LogP contribution in [0.3, 0.4) is 0 Å². The maximum atomic E-state index is 14.0. The molecule has 0 aliphatic carbocycles. The van der Waals surface area contributed by atoms with Crippen LogP contribution in [0.5, 0.6) is 0 Å². The SMILES string of the molecule is CC1CCC(C(N)=O)CN1c1ccc(C=O)cc1F. The van der Waals surface area contributed by atoms with Crippen LogP contribution in [0.1, 0.15) is 30.1 Å². The minimum Gasteiger partial charge on any atom is -0.369 e. The summed E-state index contributed by atoms with van der Waals surface area (Å²) < 4.78 is 14.0. The summed E-state index contributed by atoms with van der Waals surface area (Å²) in [6, 6.07) is 4.51. The molecule has 4 nitrogen and oxygen atoms in total. The van der Waals surface area contributed by atoms with E-state index in [9.17, 15) is 14.0 Å². The van der Waals surface area contributed by atoms with Crippen molar-refractivity contribution in [1.29, 1.82) is 0 Å². The van der Waals surface area contributed by atoms with Crippen LogP contribution in [0.25, 0.3) is 0 Å². The summed E-state index contributed by atoms with van der Waals surface area (Å²) in [4.78, 5) is 23.7. The largest absolute Gasteiger partial charge is 0.369 e.